The Morgan fingerprint density at radius 2 is 2.00 bits per heavy atom. The topological polar surface area (TPSA) is 51.6 Å². The van der Waals surface area contributed by atoms with E-state index in [1.165, 1.54) is 23.1 Å². The normalized spacial score (nSPS) is 20.8. The van der Waals surface area contributed by atoms with E-state index in [0.717, 1.165) is 51.4 Å². The van der Waals surface area contributed by atoms with Gasteiger partial charge in [-0.2, -0.15) is 0 Å². The number of piperazine rings is 1. The zero-order valence-corrected chi connectivity index (χ0v) is 15.5. The van der Waals surface area contributed by atoms with Gasteiger partial charge in [0, 0.05) is 45.0 Å². The standard InChI is InChI=1S/C21H28N4O/c1-24-9-11-25(12-10-24)21-13-16(7-8-22-21)15-23-20-4-2-3-17-5-6-18(26)14-19(17)20/h5-8,13-14,20,23,26H,2-4,9-12,15H2,1H3. The zero-order chi connectivity index (χ0) is 17.9. The largest absolute Gasteiger partial charge is 0.508 e. The van der Waals surface area contributed by atoms with Crippen LogP contribution in [0, 0.1) is 0 Å². The second kappa shape index (κ2) is 7.64. The number of fused-ring (bicyclic) bond motifs is 1. The first kappa shape index (κ1) is 17.3. The summed E-state index contributed by atoms with van der Waals surface area (Å²) in [6.07, 6.45) is 5.34. The molecular weight excluding hydrogens is 324 g/mol. The Morgan fingerprint density at radius 1 is 1.15 bits per heavy atom. The van der Waals surface area contributed by atoms with Crippen LogP contribution in [-0.2, 0) is 13.0 Å². The zero-order valence-electron chi connectivity index (χ0n) is 15.5. The summed E-state index contributed by atoms with van der Waals surface area (Å²) in [5.41, 5.74) is 3.88. The van der Waals surface area contributed by atoms with Gasteiger partial charge in [0.15, 0.2) is 0 Å². The van der Waals surface area contributed by atoms with Crippen LogP contribution in [0.4, 0.5) is 5.82 Å². The third kappa shape index (κ3) is 3.84. The molecule has 1 aliphatic carbocycles. The van der Waals surface area contributed by atoms with E-state index in [-0.39, 0.29) is 0 Å². The van der Waals surface area contributed by atoms with E-state index < -0.39 is 0 Å². The third-order valence-electron chi connectivity index (χ3n) is 5.63. The maximum Gasteiger partial charge on any atom is 0.128 e. The van der Waals surface area contributed by atoms with Crippen molar-refractivity contribution in [1.29, 1.82) is 0 Å². The minimum atomic E-state index is 0.311. The fraction of sp³-hybridized carbons (Fsp3) is 0.476. The Hall–Kier alpha value is -2.11. The van der Waals surface area contributed by atoms with Crippen LogP contribution in [0.5, 0.6) is 5.75 Å². The minimum Gasteiger partial charge on any atom is -0.508 e. The van der Waals surface area contributed by atoms with Gasteiger partial charge in [0.2, 0.25) is 0 Å². The van der Waals surface area contributed by atoms with Gasteiger partial charge in [-0.3, -0.25) is 0 Å². The Morgan fingerprint density at radius 3 is 2.85 bits per heavy atom. The van der Waals surface area contributed by atoms with E-state index in [1.807, 2.05) is 12.3 Å². The van der Waals surface area contributed by atoms with E-state index in [2.05, 4.69) is 45.3 Å². The fourth-order valence-corrected chi connectivity index (χ4v) is 4.02. The molecule has 1 unspecified atom stereocenters. The molecule has 4 rings (SSSR count). The second-order valence-corrected chi connectivity index (χ2v) is 7.52. The molecule has 1 fully saturated rings. The number of rotatable bonds is 4. The highest BCUT2D eigenvalue weighted by Crippen LogP contribution is 2.32. The first-order chi connectivity index (χ1) is 12.7. The number of anilines is 1. The Kier molecular flexibility index (Phi) is 5.09. The highest BCUT2D eigenvalue weighted by Gasteiger charge is 2.20. The van der Waals surface area contributed by atoms with E-state index in [4.69, 9.17) is 0 Å². The lowest BCUT2D eigenvalue weighted by atomic mass is 9.87. The molecule has 2 aromatic rings. The van der Waals surface area contributed by atoms with Gasteiger partial charge in [-0.25, -0.2) is 4.98 Å². The highest BCUT2D eigenvalue weighted by atomic mass is 16.3. The van der Waals surface area contributed by atoms with Gasteiger partial charge in [-0.1, -0.05) is 6.07 Å². The molecule has 26 heavy (non-hydrogen) atoms. The van der Waals surface area contributed by atoms with E-state index in [9.17, 15) is 5.11 Å². The summed E-state index contributed by atoms with van der Waals surface area (Å²) in [5, 5.41) is 13.5. The smallest absolute Gasteiger partial charge is 0.128 e. The van der Waals surface area contributed by atoms with Crippen LogP contribution in [0.3, 0.4) is 0 Å². The van der Waals surface area contributed by atoms with Crippen molar-refractivity contribution in [3.63, 3.8) is 0 Å². The van der Waals surface area contributed by atoms with Gasteiger partial charge in [-0.15, -0.1) is 0 Å². The number of benzene rings is 1. The molecule has 0 amide bonds. The van der Waals surface area contributed by atoms with Gasteiger partial charge >= 0.3 is 0 Å². The number of likely N-dealkylation sites (N-methyl/N-ethyl adjacent to an activating group) is 1. The third-order valence-corrected chi connectivity index (χ3v) is 5.63. The summed E-state index contributed by atoms with van der Waals surface area (Å²) in [6.45, 7) is 5.08. The van der Waals surface area contributed by atoms with Gasteiger partial charge < -0.3 is 20.2 Å². The van der Waals surface area contributed by atoms with Crippen molar-refractivity contribution < 1.29 is 5.11 Å². The van der Waals surface area contributed by atoms with Gasteiger partial charge in [-0.05, 0) is 67.3 Å². The highest BCUT2D eigenvalue weighted by molar-refractivity contribution is 5.42. The SMILES string of the molecule is CN1CCN(c2cc(CNC3CCCc4ccc(O)cc43)ccn2)CC1. The van der Waals surface area contributed by atoms with E-state index >= 15 is 0 Å². The number of nitrogens with zero attached hydrogens (tertiary/aromatic N) is 3. The van der Waals surface area contributed by atoms with Crippen LogP contribution in [-0.4, -0.2) is 48.2 Å². The molecule has 0 spiro atoms. The van der Waals surface area contributed by atoms with Crippen molar-refractivity contribution in [3.05, 3.63) is 53.2 Å². The number of phenols is 1. The molecule has 0 radical (unpaired) electrons. The summed E-state index contributed by atoms with van der Waals surface area (Å²) < 4.78 is 0. The van der Waals surface area contributed by atoms with Crippen LogP contribution in [0.25, 0.3) is 0 Å². The van der Waals surface area contributed by atoms with Crippen molar-refractivity contribution in [2.75, 3.05) is 38.1 Å². The first-order valence-corrected chi connectivity index (χ1v) is 9.62. The predicted molar refractivity (Wildman–Crippen MR) is 105 cm³/mol. The Labute approximate surface area is 155 Å². The van der Waals surface area contributed by atoms with Crippen LogP contribution in [0.15, 0.2) is 36.5 Å². The summed E-state index contributed by atoms with van der Waals surface area (Å²) >= 11 is 0. The van der Waals surface area contributed by atoms with Crippen LogP contribution >= 0.6 is 0 Å². The minimum absolute atomic E-state index is 0.311. The molecule has 0 saturated carbocycles. The number of hydrogen-bond acceptors (Lipinski definition) is 5. The summed E-state index contributed by atoms with van der Waals surface area (Å²) in [7, 11) is 2.17. The lowest BCUT2D eigenvalue weighted by Crippen LogP contribution is -2.44. The van der Waals surface area contributed by atoms with Crippen molar-refractivity contribution in [2.24, 2.45) is 0 Å². The summed E-state index contributed by atoms with van der Waals surface area (Å²) in [4.78, 5) is 9.31. The maximum absolute atomic E-state index is 9.85. The molecule has 1 aromatic carbocycles. The molecule has 2 N–H and O–H groups in total. The number of hydrogen-bond donors (Lipinski definition) is 2. The fourth-order valence-electron chi connectivity index (χ4n) is 4.02. The number of pyridine rings is 1. The lowest BCUT2D eigenvalue weighted by molar-refractivity contribution is 0.312. The Balaban J connectivity index is 1.43. The molecule has 1 saturated heterocycles. The van der Waals surface area contributed by atoms with Crippen LogP contribution in [0.1, 0.15) is 35.6 Å². The molecule has 5 nitrogen and oxygen atoms in total. The van der Waals surface area contributed by atoms with Gasteiger partial charge in [0.05, 0.1) is 0 Å². The van der Waals surface area contributed by atoms with Crippen molar-refractivity contribution in [3.8, 4) is 5.75 Å². The first-order valence-electron chi connectivity index (χ1n) is 9.62. The average Bonchev–Trinajstić information content (AvgIpc) is 2.67. The molecule has 5 heteroatoms. The van der Waals surface area contributed by atoms with Gasteiger partial charge in [0.1, 0.15) is 11.6 Å². The molecule has 2 aliphatic rings. The van der Waals surface area contributed by atoms with Crippen molar-refractivity contribution in [1.82, 2.24) is 15.2 Å². The number of nitrogens with one attached hydrogen (secondary N) is 1. The molecule has 1 aliphatic heterocycles. The van der Waals surface area contributed by atoms with Crippen molar-refractivity contribution >= 4 is 5.82 Å². The number of phenolic OH excluding ortho intramolecular Hbond substituents is 1. The quantitative estimate of drug-likeness (QED) is 0.886. The monoisotopic (exact) mass is 352 g/mol. The predicted octanol–water partition coefficient (Wildman–Crippen LogP) is 2.71. The molecule has 2 heterocycles. The molecular formula is C21H28N4O. The lowest BCUT2D eigenvalue weighted by Gasteiger charge is -2.33. The van der Waals surface area contributed by atoms with Gasteiger partial charge in [0.25, 0.3) is 0 Å². The second-order valence-electron chi connectivity index (χ2n) is 7.52. The Bertz CT molecular complexity index is 755. The number of aromatic nitrogens is 1. The maximum atomic E-state index is 9.85. The average molecular weight is 352 g/mol. The van der Waals surface area contributed by atoms with E-state index in [0.29, 0.717) is 11.8 Å². The summed E-state index contributed by atoms with van der Waals surface area (Å²) in [6, 6.07) is 10.4. The molecule has 138 valence electrons. The van der Waals surface area contributed by atoms with Crippen LogP contribution in [0.2, 0.25) is 0 Å². The van der Waals surface area contributed by atoms with Crippen molar-refractivity contribution in [2.45, 2.75) is 31.8 Å². The molecule has 0 bridgehead atoms. The summed E-state index contributed by atoms with van der Waals surface area (Å²) in [5.74, 6) is 1.44. The molecule has 1 aromatic heterocycles. The van der Waals surface area contributed by atoms with Crippen LogP contribution < -0.4 is 10.2 Å². The number of aromatic hydroxyl groups is 1. The van der Waals surface area contributed by atoms with E-state index in [1.54, 1.807) is 6.07 Å². The number of aryl methyl sites for hydroxylation is 1. The molecule has 1 atom stereocenters.